The van der Waals surface area contributed by atoms with Gasteiger partial charge < -0.3 is 15.1 Å². The topological polar surface area (TPSA) is 84.2 Å². The minimum absolute atomic E-state index is 0.0988. The monoisotopic (exact) mass is 469 g/mol. The van der Waals surface area contributed by atoms with E-state index in [9.17, 15) is 14.0 Å². The summed E-state index contributed by atoms with van der Waals surface area (Å²) in [6, 6.07) is 15.4. The lowest BCUT2D eigenvalue weighted by Crippen LogP contribution is -2.10. The van der Waals surface area contributed by atoms with Crippen molar-refractivity contribution in [2.75, 3.05) is 10.6 Å². The number of amides is 2. The van der Waals surface area contributed by atoms with Gasteiger partial charge >= 0.3 is 0 Å². The molecule has 0 radical (unpaired) electrons. The highest BCUT2D eigenvalue weighted by Gasteiger charge is 2.13. The predicted octanol–water partition coefficient (Wildman–Crippen LogP) is 6.06. The molecule has 2 heterocycles. The number of furan rings is 1. The first-order chi connectivity index (χ1) is 15.5. The van der Waals surface area contributed by atoms with Crippen molar-refractivity contribution in [1.82, 2.24) is 4.98 Å². The summed E-state index contributed by atoms with van der Waals surface area (Å²) in [7, 11) is 0. The lowest BCUT2D eigenvalue weighted by Gasteiger charge is -2.03. The Morgan fingerprint density at radius 1 is 1.09 bits per heavy atom. The number of anilines is 2. The molecule has 0 fully saturated rings. The van der Waals surface area contributed by atoms with Gasteiger partial charge in [0.15, 0.2) is 10.9 Å². The van der Waals surface area contributed by atoms with Gasteiger partial charge in [0, 0.05) is 17.9 Å². The van der Waals surface area contributed by atoms with Crippen molar-refractivity contribution in [1.29, 1.82) is 0 Å². The maximum absolute atomic E-state index is 13.7. The number of hydrogen-bond acceptors (Lipinski definition) is 6. The number of thioether (sulfide) groups is 1. The van der Waals surface area contributed by atoms with Crippen molar-refractivity contribution in [2.45, 2.75) is 24.9 Å². The molecule has 0 unspecified atom stereocenters. The third-order valence-corrected chi connectivity index (χ3v) is 6.50. The van der Waals surface area contributed by atoms with Gasteiger partial charge in [-0.15, -0.1) is 11.8 Å². The lowest BCUT2D eigenvalue weighted by atomic mass is 10.2. The van der Waals surface area contributed by atoms with Crippen molar-refractivity contribution < 1.29 is 18.4 Å². The number of carbonyl (C=O) groups excluding carboxylic acids is 2. The molecule has 0 aliphatic rings. The molecule has 9 heteroatoms. The Balaban J connectivity index is 1.35. The Hall–Kier alpha value is -3.17. The molecule has 2 aromatic heterocycles. The molecule has 0 atom stereocenters. The van der Waals surface area contributed by atoms with Gasteiger partial charge in [0.2, 0.25) is 5.91 Å². The molecule has 2 amide bonds. The van der Waals surface area contributed by atoms with E-state index in [0.29, 0.717) is 40.1 Å². The summed E-state index contributed by atoms with van der Waals surface area (Å²) in [6.07, 6.45) is 0.379. The van der Waals surface area contributed by atoms with E-state index >= 15 is 0 Å². The Labute approximate surface area is 192 Å². The molecule has 4 aromatic rings. The minimum atomic E-state index is -0.362. The Bertz CT molecular complexity index is 1270. The minimum Gasteiger partial charge on any atom is -0.455 e. The highest BCUT2D eigenvalue weighted by Crippen LogP contribution is 2.29. The van der Waals surface area contributed by atoms with Crippen LogP contribution in [-0.2, 0) is 16.3 Å². The van der Waals surface area contributed by atoms with Gasteiger partial charge in [-0.1, -0.05) is 36.5 Å². The summed E-state index contributed by atoms with van der Waals surface area (Å²) in [5.41, 5.74) is 1.98. The van der Waals surface area contributed by atoms with Gasteiger partial charge in [-0.3, -0.25) is 9.59 Å². The number of hydrogen-bond donors (Lipinski definition) is 2. The van der Waals surface area contributed by atoms with Crippen molar-refractivity contribution in [3.05, 3.63) is 77.5 Å². The van der Waals surface area contributed by atoms with E-state index in [1.54, 1.807) is 55.5 Å². The fraction of sp³-hybridized carbons (Fsp3) is 0.174. The number of aromatic nitrogens is 1. The van der Waals surface area contributed by atoms with Crippen molar-refractivity contribution in [3.8, 4) is 0 Å². The van der Waals surface area contributed by atoms with E-state index in [1.165, 1.54) is 29.2 Å². The van der Waals surface area contributed by atoms with Gasteiger partial charge in [-0.2, -0.15) is 0 Å². The van der Waals surface area contributed by atoms with E-state index in [2.05, 4.69) is 15.6 Å². The third kappa shape index (κ3) is 5.35. The second-order valence-electron chi connectivity index (χ2n) is 6.91. The summed E-state index contributed by atoms with van der Waals surface area (Å²) < 4.78 is 20.2. The average molecular weight is 470 g/mol. The zero-order valence-electron chi connectivity index (χ0n) is 17.2. The number of halogens is 1. The average Bonchev–Trinajstić information content (AvgIpc) is 3.41. The standard InChI is InChI=1S/C23H20FN3O3S2/c1-2-21(28)27-23-26-18-9-7-15(11-20(18)32-23)25-22(29)19-10-8-16(30-19)13-31-12-14-5-3-4-6-17(14)24/h3-11H,2,12-13H2,1H3,(H,25,29)(H,26,27,28). The van der Waals surface area contributed by atoms with Crippen LogP contribution < -0.4 is 10.6 Å². The highest BCUT2D eigenvalue weighted by atomic mass is 32.2. The Morgan fingerprint density at radius 2 is 1.94 bits per heavy atom. The van der Waals surface area contributed by atoms with Crippen LogP contribution in [0.5, 0.6) is 0 Å². The third-order valence-electron chi connectivity index (χ3n) is 4.56. The number of benzene rings is 2. The molecule has 0 saturated carbocycles. The van der Waals surface area contributed by atoms with Crippen LogP contribution in [0.1, 0.15) is 35.2 Å². The van der Waals surface area contributed by atoms with Gasteiger partial charge in [0.05, 0.1) is 16.0 Å². The summed E-state index contributed by atoms with van der Waals surface area (Å²) in [5.74, 6) is 1.21. The molecular weight excluding hydrogens is 449 g/mol. The first-order valence-electron chi connectivity index (χ1n) is 9.93. The van der Waals surface area contributed by atoms with Crippen molar-refractivity contribution >= 4 is 55.9 Å². The zero-order chi connectivity index (χ0) is 22.5. The van der Waals surface area contributed by atoms with E-state index < -0.39 is 0 Å². The summed E-state index contributed by atoms with van der Waals surface area (Å²) in [4.78, 5) is 28.5. The van der Waals surface area contributed by atoms with E-state index in [0.717, 1.165) is 10.2 Å². The molecule has 32 heavy (non-hydrogen) atoms. The summed E-state index contributed by atoms with van der Waals surface area (Å²) in [5, 5.41) is 6.09. The molecule has 4 rings (SSSR count). The van der Waals surface area contributed by atoms with Crippen LogP contribution in [0.4, 0.5) is 15.2 Å². The summed E-state index contributed by atoms with van der Waals surface area (Å²) >= 11 is 2.85. The van der Waals surface area contributed by atoms with Crippen LogP contribution in [0.15, 0.2) is 59.0 Å². The fourth-order valence-electron chi connectivity index (χ4n) is 2.91. The number of fused-ring (bicyclic) bond motifs is 1. The molecule has 0 aliphatic heterocycles. The largest absolute Gasteiger partial charge is 0.455 e. The maximum Gasteiger partial charge on any atom is 0.291 e. The molecule has 0 saturated heterocycles. The molecule has 164 valence electrons. The van der Waals surface area contributed by atoms with Crippen molar-refractivity contribution in [3.63, 3.8) is 0 Å². The molecular formula is C23H20FN3O3S2. The number of nitrogens with one attached hydrogen (secondary N) is 2. The normalized spacial score (nSPS) is 10.9. The number of carbonyl (C=O) groups is 2. The summed E-state index contributed by atoms with van der Waals surface area (Å²) in [6.45, 7) is 1.78. The van der Waals surface area contributed by atoms with E-state index in [4.69, 9.17) is 4.42 Å². The zero-order valence-corrected chi connectivity index (χ0v) is 18.8. The highest BCUT2D eigenvalue weighted by molar-refractivity contribution is 7.97. The van der Waals surface area contributed by atoms with Crippen LogP contribution >= 0.6 is 23.1 Å². The fourth-order valence-corrected chi connectivity index (χ4v) is 4.74. The molecule has 0 aliphatic carbocycles. The second-order valence-corrected chi connectivity index (χ2v) is 8.92. The van der Waals surface area contributed by atoms with Gasteiger partial charge in [-0.05, 0) is 42.0 Å². The van der Waals surface area contributed by atoms with Crippen LogP contribution in [-0.4, -0.2) is 16.8 Å². The number of thiazole rings is 1. The SMILES string of the molecule is CCC(=O)Nc1nc2ccc(NC(=O)c3ccc(CSCc4ccccc4F)o3)cc2s1. The first-order valence-corrected chi connectivity index (χ1v) is 11.9. The van der Waals surface area contributed by atoms with Gasteiger partial charge in [0.1, 0.15) is 11.6 Å². The molecule has 0 bridgehead atoms. The van der Waals surface area contributed by atoms with Crippen LogP contribution in [0.2, 0.25) is 0 Å². The van der Waals surface area contributed by atoms with Crippen molar-refractivity contribution in [2.24, 2.45) is 0 Å². The van der Waals surface area contributed by atoms with Crippen LogP contribution in [0.3, 0.4) is 0 Å². The molecule has 2 aromatic carbocycles. The maximum atomic E-state index is 13.7. The van der Waals surface area contributed by atoms with Crippen LogP contribution in [0, 0.1) is 5.82 Å². The molecule has 2 N–H and O–H groups in total. The smallest absolute Gasteiger partial charge is 0.291 e. The van der Waals surface area contributed by atoms with E-state index in [-0.39, 0.29) is 23.4 Å². The molecule has 6 nitrogen and oxygen atoms in total. The quantitative estimate of drug-likeness (QED) is 0.328. The Kier molecular flexibility index (Phi) is 6.87. The Morgan fingerprint density at radius 3 is 2.75 bits per heavy atom. The first kappa shape index (κ1) is 22.0. The predicted molar refractivity (Wildman–Crippen MR) is 127 cm³/mol. The second kappa shape index (κ2) is 9.97. The van der Waals surface area contributed by atoms with Crippen LogP contribution in [0.25, 0.3) is 10.2 Å². The van der Waals surface area contributed by atoms with E-state index in [1.807, 2.05) is 0 Å². The van der Waals surface area contributed by atoms with Gasteiger partial charge in [-0.25, -0.2) is 9.37 Å². The number of rotatable bonds is 8. The molecule has 0 spiro atoms. The lowest BCUT2D eigenvalue weighted by molar-refractivity contribution is -0.115. The van der Waals surface area contributed by atoms with Gasteiger partial charge in [0.25, 0.3) is 5.91 Å². The number of nitrogens with zero attached hydrogens (tertiary/aromatic N) is 1.